The molecule has 3 heterocycles. The third-order valence-corrected chi connectivity index (χ3v) is 5.69. The number of pyridine rings is 1. The predicted octanol–water partition coefficient (Wildman–Crippen LogP) is 2.04. The zero-order chi connectivity index (χ0) is 20.5. The number of amides is 1. The normalized spacial score (nSPS) is 15.2. The first-order valence-corrected chi connectivity index (χ1v) is 9.80. The van der Waals surface area contributed by atoms with Crippen LogP contribution >= 0.6 is 0 Å². The van der Waals surface area contributed by atoms with Crippen LogP contribution in [0.25, 0.3) is 11.0 Å². The Morgan fingerprint density at radius 2 is 1.90 bits per heavy atom. The Morgan fingerprint density at radius 3 is 2.55 bits per heavy atom. The largest absolute Gasteiger partial charge is 0.371 e. The van der Waals surface area contributed by atoms with Gasteiger partial charge in [-0.1, -0.05) is 0 Å². The predicted molar refractivity (Wildman–Crippen MR) is 115 cm³/mol. The second kappa shape index (κ2) is 7.71. The highest BCUT2D eigenvalue weighted by molar-refractivity contribution is 6.05. The Bertz CT molecular complexity index is 1070. The molecular formula is C21H26N6O2. The number of anilines is 2. The van der Waals surface area contributed by atoms with Crippen LogP contribution in [0.3, 0.4) is 0 Å². The van der Waals surface area contributed by atoms with Gasteiger partial charge >= 0.3 is 0 Å². The van der Waals surface area contributed by atoms with Crippen LogP contribution < -0.4 is 15.8 Å². The van der Waals surface area contributed by atoms with E-state index in [-0.39, 0.29) is 5.56 Å². The molecule has 1 aliphatic heterocycles. The van der Waals surface area contributed by atoms with E-state index in [4.69, 9.17) is 0 Å². The third kappa shape index (κ3) is 3.88. The molecule has 29 heavy (non-hydrogen) atoms. The minimum Gasteiger partial charge on any atom is -0.371 e. The fourth-order valence-electron chi connectivity index (χ4n) is 3.87. The third-order valence-electron chi connectivity index (χ3n) is 5.69. The van der Waals surface area contributed by atoms with Gasteiger partial charge in [0.05, 0.1) is 17.2 Å². The van der Waals surface area contributed by atoms with Crippen LogP contribution in [0.15, 0.2) is 41.3 Å². The summed E-state index contributed by atoms with van der Waals surface area (Å²) in [6.45, 7) is 2.04. The zero-order valence-corrected chi connectivity index (χ0v) is 17.0. The van der Waals surface area contributed by atoms with E-state index in [0.29, 0.717) is 22.8 Å². The molecule has 0 bridgehead atoms. The molecule has 152 valence electrons. The van der Waals surface area contributed by atoms with E-state index in [2.05, 4.69) is 39.3 Å². The van der Waals surface area contributed by atoms with Crippen molar-refractivity contribution >= 4 is 28.3 Å². The van der Waals surface area contributed by atoms with Gasteiger partial charge in [-0.3, -0.25) is 14.3 Å². The zero-order valence-electron chi connectivity index (χ0n) is 17.0. The van der Waals surface area contributed by atoms with E-state index in [1.165, 1.54) is 0 Å². The van der Waals surface area contributed by atoms with Gasteiger partial charge in [-0.25, -0.2) is 0 Å². The number of carbonyl (C=O) groups excluding carboxylic acids is 1. The number of aryl methyl sites for hydroxylation is 1. The molecule has 8 heteroatoms. The minimum atomic E-state index is -0.436. The first-order valence-electron chi connectivity index (χ1n) is 9.80. The Balaban J connectivity index is 1.45. The van der Waals surface area contributed by atoms with Crippen LogP contribution in [0.4, 0.5) is 11.4 Å². The van der Waals surface area contributed by atoms with Crippen molar-refractivity contribution in [1.82, 2.24) is 19.7 Å². The Kier molecular flexibility index (Phi) is 5.10. The SMILES string of the molecule is CN(C)C1CCN(c2ccc(NC(=O)c3cc4c(cnn4C)[nH]c3=O)cc2)CC1. The molecule has 1 amide bonds. The highest BCUT2D eigenvalue weighted by Crippen LogP contribution is 2.23. The molecule has 8 nitrogen and oxygen atoms in total. The number of rotatable bonds is 4. The van der Waals surface area contributed by atoms with Gasteiger partial charge in [0.25, 0.3) is 11.5 Å². The quantitative estimate of drug-likeness (QED) is 0.707. The fourth-order valence-corrected chi connectivity index (χ4v) is 3.87. The van der Waals surface area contributed by atoms with E-state index < -0.39 is 11.5 Å². The maximum absolute atomic E-state index is 12.6. The van der Waals surface area contributed by atoms with Crippen molar-refractivity contribution in [2.45, 2.75) is 18.9 Å². The van der Waals surface area contributed by atoms with Crippen molar-refractivity contribution in [3.05, 3.63) is 52.4 Å². The van der Waals surface area contributed by atoms with Crippen molar-refractivity contribution in [2.24, 2.45) is 7.05 Å². The van der Waals surface area contributed by atoms with E-state index >= 15 is 0 Å². The summed E-state index contributed by atoms with van der Waals surface area (Å²) in [5.74, 6) is -0.436. The summed E-state index contributed by atoms with van der Waals surface area (Å²) in [4.78, 5) is 32.2. The van der Waals surface area contributed by atoms with E-state index in [9.17, 15) is 9.59 Å². The smallest absolute Gasteiger partial charge is 0.261 e. The minimum absolute atomic E-state index is 0.0657. The van der Waals surface area contributed by atoms with Gasteiger partial charge in [0.1, 0.15) is 5.56 Å². The molecule has 0 spiro atoms. The number of nitrogens with one attached hydrogen (secondary N) is 2. The van der Waals surface area contributed by atoms with E-state index in [1.807, 2.05) is 24.3 Å². The molecule has 2 aromatic heterocycles. The van der Waals surface area contributed by atoms with Crippen LogP contribution in [-0.4, -0.2) is 58.8 Å². The number of piperidine rings is 1. The summed E-state index contributed by atoms with van der Waals surface area (Å²) in [7, 11) is 6.03. The number of aromatic amines is 1. The Hall–Kier alpha value is -3.13. The molecule has 1 fully saturated rings. The molecule has 0 atom stereocenters. The molecule has 0 unspecified atom stereocenters. The maximum atomic E-state index is 12.6. The molecule has 1 saturated heterocycles. The van der Waals surface area contributed by atoms with Gasteiger partial charge in [0, 0.05) is 37.6 Å². The molecular weight excluding hydrogens is 368 g/mol. The monoisotopic (exact) mass is 394 g/mol. The summed E-state index contributed by atoms with van der Waals surface area (Å²) >= 11 is 0. The number of aromatic nitrogens is 3. The Labute approximate surface area is 169 Å². The maximum Gasteiger partial charge on any atom is 0.261 e. The average molecular weight is 394 g/mol. The first kappa shape index (κ1) is 19.2. The van der Waals surface area contributed by atoms with Gasteiger partial charge < -0.3 is 20.1 Å². The van der Waals surface area contributed by atoms with Gasteiger partial charge in [-0.15, -0.1) is 0 Å². The lowest BCUT2D eigenvalue weighted by Crippen LogP contribution is -2.41. The molecule has 0 radical (unpaired) electrons. The molecule has 2 N–H and O–H groups in total. The van der Waals surface area contributed by atoms with Crippen molar-refractivity contribution in [1.29, 1.82) is 0 Å². The van der Waals surface area contributed by atoms with Crippen LogP contribution in [0.1, 0.15) is 23.2 Å². The van der Waals surface area contributed by atoms with Gasteiger partial charge in [0.2, 0.25) is 0 Å². The molecule has 0 aliphatic carbocycles. The summed E-state index contributed by atoms with van der Waals surface area (Å²) in [6, 6.07) is 9.99. The van der Waals surface area contributed by atoms with Crippen LogP contribution in [0.2, 0.25) is 0 Å². The first-order chi connectivity index (χ1) is 13.9. The molecule has 3 aromatic rings. The summed E-state index contributed by atoms with van der Waals surface area (Å²) in [6.07, 6.45) is 3.86. The lowest BCUT2D eigenvalue weighted by Gasteiger charge is -2.36. The number of H-pyrrole nitrogens is 1. The van der Waals surface area contributed by atoms with Crippen molar-refractivity contribution < 1.29 is 4.79 Å². The lowest BCUT2D eigenvalue weighted by molar-refractivity contribution is 0.102. The highest BCUT2D eigenvalue weighted by Gasteiger charge is 2.21. The molecule has 4 rings (SSSR count). The molecule has 1 aliphatic rings. The van der Waals surface area contributed by atoms with Gasteiger partial charge in [0.15, 0.2) is 0 Å². The van der Waals surface area contributed by atoms with Crippen molar-refractivity contribution in [3.63, 3.8) is 0 Å². The lowest BCUT2D eigenvalue weighted by atomic mass is 10.0. The number of hydrogen-bond acceptors (Lipinski definition) is 5. The number of nitrogens with zero attached hydrogens (tertiary/aromatic N) is 4. The highest BCUT2D eigenvalue weighted by atomic mass is 16.2. The number of fused-ring (bicyclic) bond motifs is 1. The van der Waals surface area contributed by atoms with E-state index in [0.717, 1.165) is 31.6 Å². The molecule has 0 saturated carbocycles. The number of benzene rings is 1. The Morgan fingerprint density at radius 1 is 1.21 bits per heavy atom. The summed E-state index contributed by atoms with van der Waals surface area (Å²) < 4.78 is 1.62. The van der Waals surface area contributed by atoms with Crippen molar-refractivity contribution in [2.75, 3.05) is 37.4 Å². The standard InChI is InChI=1S/C21H26N6O2/c1-25(2)15-8-10-27(11-9-15)16-6-4-14(5-7-16)23-20(28)17-12-19-18(24-21(17)29)13-22-26(19)3/h4-7,12-13,15H,8-11H2,1-3H3,(H,23,28)(H,24,29). The number of carbonyl (C=O) groups is 1. The van der Waals surface area contributed by atoms with Crippen LogP contribution in [0.5, 0.6) is 0 Å². The van der Waals surface area contributed by atoms with Gasteiger partial charge in [-0.05, 0) is 57.3 Å². The van der Waals surface area contributed by atoms with Crippen LogP contribution in [0, 0.1) is 0 Å². The van der Waals surface area contributed by atoms with Crippen molar-refractivity contribution in [3.8, 4) is 0 Å². The summed E-state index contributed by atoms with van der Waals surface area (Å²) in [5, 5.41) is 6.91. The second-order valence-corrected chi connectivity index (χ2v) is 7.76. The van der Waals surface area contributed by atoms with Crippen LogP contribution in [-0.2, 0) is 7.05 Å². The van der Waals surface area contributed by atoms with E-state index in [1.54, 1.807) is 24.0 Å². The number of hydrogen-bond donors (Lipinski definition) is 2. The molecule has 1 aromatic carbocycles. The average Bonchev–Trinajstić information content (AvgIpc) is 3.07. The van der Waals surface area contributed by atoms with Gasteiger partial charge in [-0.2, -0.15) is 5.10 Å². The summed E-state index contributed by atoms with van der Waals surface area (Å²) in [5.41, 5.74) is 2.75. The second-order valence-electron chi connectivity index (χ2n) is 7.76. The fraction of sp³-hybridized carbons (Fsp3) is 0.381. The topological polar surface area (TPSA) is 86.3 Å².